The van der Waals surface area contributed by atoms with Crippen molar-refractivity contribution < 1.29 is 18.4 Å². The third-order valence-electron chi connectivity index (χ3n) is 5.98. The predicted molar refractivity (Wildman–Crippen MR) is 125 cm³/mol. The second kappa shape index (κ2) is 8.19. The van der Waals surface area contributed by atoms with Crippen molar-refractivity contribution in [3.8, 4) is 0 Å². The molecule has 1 spiro atoms. The molecule has 5 nitrogen and oxygen atoms in total. The highest BCUT2D eigenvalue weighted by atomic mass is 32.2. The molecule has 1 unspecified atom stereocenters. The quantitative estimate of drug-likeness (QED) is 0.575. The SMILES string of the molecule is Cc1ccc2c(c1)C1(SCCN1C(=O)Nc1ccc(F)cc1)C(=O)N2Cc1ccccc1F. The summed E-state index contributed by atoms with van der Waals surface area (Å²) < 4.78 is 27.7. The number of carbonyl (C=O) groups is 2. The minimum Gasteiger partial charge on any atom is -0.308 e. The molecule has 5 rings (SSSR count). The minimum absolute atomic E-state index is 0.0668. The molecule has 33 heavy (non-hydrogen) atoms. The minimum atomic E-state index is -1.24. The number of rotatable bonds is 3. The zero-order valence-corrected chi connectivity index (χ0v) is 18.7. The molecular weight excluding hydrogens is 444 g/mol. The molecule has 2 aliphatic heterocycles. The van der Waals surface area contributed by atoms with Crippen molar-refractivity contribution in [2.75, 3.05) is 22.5 Å². The van der Waals surface area contributed by atoms with Crippen LogP contribution in [0.25, 0.3) is 0 Å². The van der Waals surface area contributed by atoms with Crippen molar-refractivity contribution >= 4 is 35.1 Å². The first-order chi connectivity index (χ1) is 15.9. The van der Waals surface area contributed by atoms with Crippen LogP contribution in [0.3, 0.4) is 0 Å². The Hall–Kier alpha value is -3.39. The van der Waals surface area contributed by atoms with Gasteiger partial charge in [-0.2, -0.15) is 0 Å². The van der Waals surface area contributed by atoms with Crippen LogP contribution in [-0.4, -0.2) is 29.1 Å². The van der Waals surface area contributed by atoms with E-state index in [0.29, 0.717) is 29.2 Å². The van der Waals surface area contributed by atoms with Crippen molar-refractivity contribution in [2.45, 2.75) is 18.3 Å². The molecule has 8 heteroatoms. The smallest absolute Gasteiger partial charge is 0.308 e. The van der Waals surface area contributed by atoms with Gasteiger partial charge in [-0.15, -0.1) is 11.8 Å². The second-order valence-electron chi connectivity index (χ2n) is 8.08. The first kappa shape index (κ1) is 21.5. The van der Waals surface area contributed by atoms with Gasteiger partial charge in [0, 0.05) is 29.1 Å². The molecule has 1 saturated heterocycles. The zero-order valence-electron chi connectivity index (χ0n) is 17.8. The Kier molecular flexibility index (Phi) is 5.32. The maximum absolute atomic E-state index is 14.4. The molecular formula is C25H21F2N3O2S. The van der Waals surface area contributed by atoms with Crippen LogP contribution in [-0.2, 0) is 16.2 Å². The topological polar surface area (TPSA) is 52.7 Å². The van der Waals surface area contributed by atoms with Crippen LogP contribution >= 0.6 is 11.8 Å². The third kappa shape index (κ3) is 3.54. The van der Waals surface area contributed by atoms with E-state index in [1.54, 1.807) is 23.1 Å². The molecule has 2 aliphatic rings. The highest BCUT2D eigenvalue weighted by Crippen LogP contribution is 2.54. The highest BCUT2D eigenvalue weighted by Gasteiger charge is 2.59. The van der Waals surface area contributed by atoms with Crippen LogP contribution in [0.15, 0.2) is 66.7 Å². The number of hydrogen-bond acceptors (Lipinski definition) is 3. The highest BCUT2D eigenvalue weighted by molar-refractivity contribution is 8.01. The van der Waals surface area contributed by atoms with Gasteiger partial charge in [0.15, 0.2) is 4.87 Å². The average Bonchev–Trinajstić information content (AvgIpc) is 3.34. The average molecular weight is 466 g/mol. The second-order valence-corrected chi connectivity index (χ2v) is 9.37. The standard InChI is InChI=1S/C25H21F2N3O2S/c1-16-6-11-22-20(14-16)25(23(31)29(22)15-17-4-2-3-5-21(17)27)30(12-13-33-25)24(32)28-19-9-7-18(26)8-10-19/h2-11,14H,12-13,15H2,1H3,(H,28,32). The van der Waals surface area contributed by atoms with Crippen molar-refractivity contribution in [3.63, 3.8) is 0 Å². The number of hydrogen-bond donors (Lipinski definition) is 1. The van der Waals surface area contributed by atoms with E-state index in [4.69, 9.17) is 0 Å². The van der Waals surface area contributed by atoms with Crippen molar-refractivity contribution in [1.82, 2.24) is 4.90 Å². The lowest BCUT2D eigenvalue weighted by atomic mass is 10.0. The van der Waals surface area contributed by atoms with Gasteiger partial charge < -0.3 is 10.2 Å². The molecule has 0 aliphatic carbocycles. The number of halogens is 2. The van der Waals surface area contributed by atoms with Crippen molar-refractivity contribution in [3.05, 3.63) is 95.1 Å². The van der Waals surface area contributed by atoms with E-state index in [0.717, 1.165) is 11.1 Å². The number of thioether (sulfide) groups is 1. The summed E-state index contributed by atoms with van der Waals surface area (Å²) in [5, 5.41) is 2.78. The number of nitrogens with one attached hydrogen (secondary N) is 1. The van der Waals surface area contributed by atoms with Crippen LogP contribution in [0.4, 0.5) is 25.0 Å². The number of benzene rings is 3. The Morgan fingerprint density at radius 3 is 2.61 bits per heavy atom. The molecule has 1 fully saturated rings. The van der Waals surface area contributed by atoms with Gasteiger partial charge in [-0.3, -0.25) is 9.69 Å². The van der Waals surface area contributed by atoms with Gasteiger partial charge in [0.25, 0.3) is 5.91 Å². The van der Waals surface area contributed by atoms with Crippen LogP contribution in [0.2, 0.25) is 0 Å². The Morgan fingerprint density at radius 2 is 1.85 bits per heavy atom. The lowest BCUT2D eigenvalue weighted by molar-refractivity contribution is -0.123. The summed E-state index contributed by atoms with van der Waals surface area (Å²) in [5.41, 5.74) is 3.19. The Balaban J connectivity index is 1.54. The fraction of sp³-hybridized carbons (Fsp3) is 0.200. The van der Waals surface area contributed by atoms with Crippen LogP contribution in [0.5, 0.6) is 0 Å². The largest absolute Gasteiger partial charge is 0.323 e. The fourth-order valence-corrected chi connectivity index (χ4v) is 5.86. The fourth-order valence-electron chi connectivity index (χ4n) is 4.41. The molecule has 0 radical (unpaired) electrons. The van der Waals surface area contributed by atoms with Gasteiger partial charge in [-0.1, -0.05) is 35.9 Å². The number of aryl methyl sites for hydroxylation is 1. The zero-order chi connectivity index (χ0) is 23.2. The maximum atomic E-state index is 14.4. The first-order valence-corrected chi connectivity index (χ1v) is 11.5. The van der Waals surface area contributed by atoms with E-state index in [-0.39, 0.29) is 18.3 Å². The van der Waals surface area contributed by atoms with Crippen LogP contribution in [0.1, 0.15) is 16.7 Å². The van der Waals surface area contributed by atoms with E-state index >= 15 is 0 Å². The van der Waals surface area contributed by atoms with E-state index < -0.39 is 16.7 Å². The number of fused-ring (bicyclic) bond motifs is 2. The molecule has 1 N–H and O–H groups in total. The van der Waals surface area contributed by atoms with Crippen molar-refractivity contribution in [1.29, 1.82) is 0 Å². The molecule has 3 aromatic carbocycles. The molecule has 3 aromatic rings. The monoisotopic (exact) mass is 465 g/mol. The Labute approximate surface area is 194 Å². The molecule has 0 bridgehead atoms. The molecule has 168 valence electrons. The van der Waals surface area contributed by atoms with Gasteiger partial charge in [-0.25, -0.2) is 13.6 Å². The number of carbonyl (C=O) groups excluding carboxylic acids is 2. The molecule has 0 aromatic heterocycles. The lowest BCUT2D eigenvalue weighted by Crippen LogP contribution is -2.51. The normalized spacial score (nSPS) is 19.3. The third-order valence-corrected chi connectivity index (χ3v) is 7.40. The van der Waals surface area contributed by atoms with Gasteiger partial charge in [0.1, 0.15) is 11.6 Å². The van der Waals surface area contributed by atoms with Crippen LogP contribution < -0.4 is 10.2 Å². The Morgan fingerprint density at radius 1 is 1.09 bits per heavy atom. The van der Waals surface area contributed by atoms with E-state index in [2.05, 4.69) is 5.32 Å². The summed E-state index contributed by atoms with van der Waals surface area (Å²) in [6, 6.07) is 17.1. The van der Waals surface area contributed by atoms with Gasteiger partial charge >= 0.3 is 6.03 Å². The summed E-state index contributed by atoms with van der Waals surface area (Å²) in [6.07, 6.45) is 0. The summed E-state index contributed by atoms with van der Waals surface area (Å²) in [4.78, 5) is 29.1. The predicted octanol–water partition coefficient (Wildman–Crippen LogP) is 5.25. The summed E-state index contributed by atoms with van der Waals surface area (Å²) in [7, 11) is 0. The van der Waals surface area contributed by atoms with Gasteiger partial charge in [-0.05, 0) is 43.3 Å². The van der Waals surface area contributed by atoms with E-state index in [9.17, 15) is 18.4 Å². The summed E-state index contributed by atoms with van der Waals surface area (Å²) in [6.45, 7) is 2.36. The van der Waals surface area contributed by atoms with E-state index in [1.165, 1.54) is 47.0 Å². The number of nitrogens with zero attached hydrogens (tertiary/aromatic N) is 2. The molecule has 0 saturated carbocycles. The Bertz CT molecular complexity index is 1250. The number of urea groups is 1. The molecule has 2 heterocycles. The van der Waals surface area contributed by atoms with Gasteiger partial charge in [0.2, 0.25) is 0 Å². The molecule has 3 amide bonds. The van der Waals surface area contributed by atoms with E-state index in [1.807, 2.05) is 25.1 Å². The molecule has 1 atom stereocenters. The summed E-state index contributed by atoms with van der Waals surface area (Å²) >= 11 is 1.40. The number of anilines is 2. The summed E-state index contributed by atoms with van der Waals surface area (Å²) in [5.74, 6) is -0.489. The first-order valence-electron chi connectivity index (χ1n) is 10.5. The maximum Gasteiger partial charge on any atom is 0.323 e. The lowest BCUT2D eigenvalue weighted by Gasteiger charge is -2.33. The number of amides is 3. The van der Waals surface area contributed by atoms with Crippen molar-refractivity contribution in [2.24, 2.45) is 0 Å². The van der Waals surface area contributed by atoms with Crippen LogP contribution in [0, 0.1) is 18.6 Å². The van der Waals surface area contributed by atoms with Gasteiger partial charge in [0.05, 0.1) is 12.2 Å².